The molecule has 3 heterocycles. The van der Waals surface area contributed by atoms with E-state index in [0.29, 0.717) is 49.7 Å². The highest BCUT2D eigenvalue weighted by Crippen LogP contribution is 2.25. The van der Waals surface area contributed by atoms with Gasteiger partial charge < -0.3 is 20.4 Å². The fraction of sp³-hybridized carbons (Fsp3) is 0.483. The summed E-state index contributed by atoms with van der Waals surface area (Å²) in [5.74, 6) is 3.73. The molecule has 2 N–H and O–H groups in total. The maximum absolute atomic E-state index is 13.8. The zero-order valence-electron chi connectivity index (χ0n) is 22.9. The molecule has 2 unspecified atom stereocenters. The number of carbonyl (C=O) groups is 3. The Labute approximate surface area is 237 Å². The maximum atomic E-state index is 13.8. The summed E-state index contributed by atoms with van der Waals surface area (Å²) in [6, 6.07) is 6.44. The minimum Gasteiger partial charge on any atom is -0.380 e. The number of ketones is 1. The van der Waals surface area contributed by atoms with Crippen LogP contribution in [-0.2, 0) is 20.9 Å². The molecule has 1 aromatic carbocycles. The van der Waals surface area contributed by atoms with E-state index in [2.05, 4.69) is 11.8 Å². The molecular weight excluding hydrogens is 537 g/mol. The number of hydrogen-bond acceptors (Lipinski definition) is 6. The van der Waals surface area contributed by atoms with Gasteiger partial charge in [-0.2, -0.15) is 0 Å². The number of piperazine rings is 1. The molecule has 5 atom stereocenters. The number of alkyl halides is 1. The van der Waals surface area contributed by atoms with Crippen LogP contribution in [-0.4, -0.2) is 93.8 Å². The first kappa shape index (κ1) is 28.3. The highest BCUT2D eigenvalue weighted by molar-refractivity contribution is 6.42. The predicted molar refractivity (Wildman–Crippen MR) is 150 cm³/mol. The van der Waals surface area contributed by atoms with Crippen molar-refractivity contribution in [2.24, 2.45) is 5.92 Å². The Balaban J connectivity index is 1.35. The standard InChI is InChI=1S/C29H35ClFN5O4/c1-17-13-35(18(2)12-34(17)14-19-4-6-20(31)7-5-19)28(38)23-10-22-24(16-36(32)26(22)11-25(23)30)27(37)29(39)33-9-8-21(15-33)40-3/h4-7,10-11,16-18,21,23,25H,8-9,12-15,32H2,1-3H3/t17-,18+,21+,23?,25?/m0/s1. The van der Waals surface area contributed by atoms with E-state index in [1.807, 2.05) is 11.8 Å². The molecule has 214 valence electrons. The number of halogens is 2. The van der Waals surface area contributed by atoms with Crippen molar-refractivity contribution in [3.05, 3.63) is 58.0 Å². The third-order valence-electron chi connectivity index (χ3n) is 8.31. The van der Waals surface area contributed by atoms with E-state index in [1.165, 1.54) is 27.9 Å². The minimum absolute atomic E-state index is 0.0679. The minimum atomic E-state index is -0.721. The molecule has 0 bridgehead atoms. The van der Waals surface area contributed by atoms with Gasteiger partial charge in [0.1, 0.15) is 5.82 Å². The number of benzene rings is 1. The smallest absolute Gasteiger partial charge is 0.295 e. The fourth-order valence-corrected chi connectivity index (χ4v) is 6.23. The molecule has 2 saturated heterocycles. The average Bonchev–Trinajstić information content (AvgIpc) is 3.54. The first-order chi connectivity index (χ1) is 19.1. The van der Waals surface area contributed by atoms with E-state index < -0.39 is 23.0 Å². The SMILES string of the molecule is CO[C@@H]1CCN(C(=O)C(=O)c2cn(N)c3c2=CC(C(=O)N2C[C@H](C)N(Cc4ccc(F)cc4)C[C@H]2C)C(Cl)C=3)C1. The predicted octanol–water partition coefficient (Wildman–Crippen LogP) is 0.691. The van der Waals surface area contributed by atoms with Crippen molar-refractivity contribution >= 4 is 41.4 Å². The van der Waals surface area contributed by atoms with Crippen LogP contribution in [0.4, 0.5) is 4.39 Å². The molecule has 40 heavy (non-hydrogen) atoms. The molecular formula is C29H35ClFN5O4. The summed E-state index contributed by atoms with van der Waals surface area (Å²) in [5.41, 5.74) is 1.17. The largest absolute Gasteiger partial charge is 0.380 e. The zero-order chi connectivity index (χ0) is 28.7. The normalized spacial score (nSPS) is 26.7. The number of nitrogen functional groups attached to an aromatic ring is 1. The summed E-state index contributed by atoms with van der Waals surface area (Å²) >= 11 is 6.70. The lowest BCUT2D eigenvalue weighted by Gasteiger charge is -2.45. The Morgan fingerprint density at radius 2 is 1.80 bits per heavy atom. The first-order valence-corrected chi connectivity index (χ1v) is 14.0. The summed E-state index contributed by atoms with van der Waals surface area (Å²) in [5, 5.41) is 0.285. The Kier molecular flexibility index (Phi) is 8.03. The lowest BCUT2D eigenvalue weighted by Crippen LogP contribution is -2.59. The summed E-state index contributed by atoms with van der Waals surface area (Å²) in [6.07, 6.45) is 5.37. The fourth-order valence-electron chi connectivity index (χ4n) is 5.93. The van der Waals surface area contributed by atoms with Gasteiger partial charge in [-0.05, 0) is 44.0 Å². The third-order valence-corrected chi connectivity index (χ3v) is 8.70. The Morgan fingerprint density at radius 1 is 1.07 bits per heavy atom. The van der Waals surface area contributed by atoms with Crippen LogP contribution in [0.5, 0.6) is 0 Å². The lowest BCUT2D eigenvalue weighted by atomic mass is 9.94. The number of carbonyl (C=O) groups excluding carboxylic acids is 3. The maximum Gasteiger partial charge on any atom is 0.295 e. The number of nitrogens with zero attached hydrogens (tertiary/aromatic N) is 4. The van der Waals surface area contributed by atoms with Gasteiger partial charge in [0.15, 0.2) is 0 Å². The van der Waals surface area contributed by atoms with Gasteiger partial charge in [0.2, 0.25) is 5.91 Å². The number of hydrogen-bond donors (Lipinski definition) is 1. The van der Waals surface area contributed by atoms with Gasteiger partial charge in [-0.25, -0.2) is 4.39 Å². The number of nitrogens with two attached hydrogens (primary N) is 1. The highest BCUT2D eigenvalue weighted by Gasteiger charge is 2.38. The molecule has 0 radical (unpaired) electrons. The molecule has 5 rings (SSSR count). The Morgan fingerprint density at radius 3 is 2.48 bits per heavy atom. The van der Waals surface area contributed by atoms with Gasteiger partial charge in [-0.15, -0.1) is 11.6 Å². The molecule has 1 aliphatic carbocycles. The molecule has 2 amide bonds. The summed E-state index contributed by atoms with van der Waals surface area (Å²) in [4.78, 5) is 45.7. The van der Waals surface area contributed by atoms with E-state index in [1.54, 1.807) is 31.4 Å². The molecule has 2 aromatic rings. The molecule has 0 saturated carbocycles. The Bertz CT molecular complexity index is 1430. The summed E-state index contributed by atoms with van der Waals surface area (Å²) < 4.78 is 19.9. The van der Waals surface area contributed by atoms with Crippen molar-refractivity contribution in [1.82, 2.24) is 19.4 Å². The van der Waals surface area contributed by atoms with Crippen LogP contribution in [0.2, 0.25) is 0 Å². The lowest BCUT2D eigenvalue weighted by molar-refractivity contribution is -0.139. The van der Waals surface area contributed by atoms with E-state index in [-0.39, 0.29) is 35.5 Å². The Hall–Kier alpha value is -3.21. The molecule has 9 nitrogen and oxygen atoms in total. The molecule has 2 fully saturated rings. The van der Waals surface area contributed by atoms with Crippen molar-refractivity contribution in [3.63, 3.8) is 0 Å². The van der Waals surface area contributed by atoms with E-state index in [9.17, 15) is 18.8 Å². The monoisotopic (exact) mass is 571 g/mol. The molecule has 2 aliphatic heterocycles. The van der Waals surface area contributed by atoms with E-state index in [0.717, 1.165) is 5.56 Å². The number of amides is 2. The van der Waals surface area contributed by atoms with Crippen molar-refractivity contribution in [3.8, 4) is 0 Å². The topological polar surface area (TPSA) is 101 Å². The van der Waals surface area contributed by atoms with Crippen LogP contribution in [0.1, 0.15) is 36.2 Å². The van der Waals surface area contributed by atoms with Gasteiger partial charge in [0.25, 0.3) is 11.7 Å². The van der Waals surface area contributed by atoms with E-state index >= 15 is 0 Å². The number of methoxy groups -OCH3 is 1. The highest BCUT2D eigenvalue weighted by atomic mass is 35.5. The number of Topliss-reactive ketones (excluding diaryl/α,β-unsaturated/α-hetero) is 1. The van der Waals surface area contributed by atoms with Crippen LogP contribution in [0.25, 0.3) is 12.2 Å². The number of aromatic nitrogens is 1. The van der Waals surface area contributed by atoms with Gasteiger partial charge in [0, 0.05) is 63.3 Å². The van der Waals surface area contributed by atoms with Crippen molar-refractivity contribution in [2.45, 2.75) is 50.4 Å². The average molecular weight is 572 g/mol. The molecule has 0 spiro atoms. The first-order valence-electron chi connectivity index (χ1n) is 13.6. The van der Waals surface area contributed by atoms with Crippen molar-refractivity contribution in [1.29, 1.82) is 0 Å². The van der Waals surface area contributed by atoms with Crippen LogP contribution in [0.15, 0.2) is 30.5 Å². The quantitative estimate of drug-likeness (QED) is 0.237. The molecule has 1 aromatic heterocycles. The van der Waals surface area contributed by atoms with Gasteiger partial charge >= 0.3 is 0 Å². The van der Waals surface area contributed by atoms with E-state index in [4.69, 9.17) is 22.2 Å². The van der Waals surface area contributed by atoms with Crippen LogP contribution in [0.3, 0.4) is 0 Å². The van der Waals surface area contributed by atoms with Gasteiger partial charge in [-0.3, -0.25) is 24.0 Å². The summed E-state index contributed by atoms with van der Waals surface area (Å²) in [7, 11) is 1.59. The second-order valence-corrected chi connectivity index (χ2v) is 11.5. The number of likely N-dealkylation sites (tertiary alicyclic amines) is 1. The van der Waals surface area contributed by atoms with Gasteiger partial charge in [0.05, 0.1) is 28.3 Å². The summed E-state index contributed by atoms with van der Waals surface area (Å²) in [6.45, 7) is 6.66. The van der Waals surface area contributed by atoms with Crippen molar-refractivity contribution in [2.75, 3.05) is 39.1 Å². The van der Waals surface area contributed by atoms with Gasteiger partial charge in [-0.1, -0.05) is 18.2 Å². The zero-order valence-corrected chi connectivity index (χ0v) is 23.7. The number of rotatable bonds is 6. The molecule has 3 aliphatic rings. The number of ether oxygens (including phenoxy) is 1. The van der Waals surface area contributed by atoms with Crippen LogP contribution in [0, 0.1) is 11.7 Å². The van der Waals surface area contributed by atoms with Crippen molar-refractivity contribution < 1.29 is 23.5 Å². The number of fused-ring (bicyclic) bond motifs is 1. The third kappa shape index (κ3) is 5.40. The second-order valence-electron chi connectivity index (χ2n) is 11.0. The second kappa shape index (κ2) is 11.3. The molecule has 11 heteroatoms. The van der Waals surface area contributed by atoms with Crippen LogP contribution >= 0.6 is 11.6 Å². The van der Waals surface area contributed by atoms with Crippen LogP contribution < -0.4 is 16.4 Å².